The Kier molecular flexibility index (Phi) is 3.45. The van der Waals surface area contributed by atoms with Crippen LogP contribution in [0.4, 0.5) is 0 Å². The van der Waals surface area contributed by atoms with E-state index in [9.17, 15) is 0 Å². The second-order valence-corrected chi connectivity index (χ2v) is 6.96. The van der Waals surface area contributed by atoms with Crippen LogP contribution in [-0.4, -0.2) is 37.1 Å². The fraction of sp³-hybridized carbons (Fsp3) is 1.00. The van der Waals surface area contributed by atoms with Crippen LogP contribution in [0.1, 0.15) is 51.9 Å². The maximum absolute atomic E-state index is 3.60. The van der Waals surface area contributed by atoms with Crippen LogP contribution in [0.2, 0.25) is 0 Å². The molecule has 2 heterocycles. The number of likely N-dealkylation sites (tertiary alicyclic amines) is 1. The monoisotopic (exact) mass is 236 g/mol. The molecule has 1 aliphatic carbocycles. The highest BCUT2D eigenvalue weighted by atomic mass is 15.2. The third kappa shape index (κ3) is 2.53. The van der Waals surface area contributed by atoms with Gasteiger partial charge in [0.2, 0.25) is 0 Å². The summed E-state index contributed by atoms with van der Waals surface area (Å²) in [5.41, 5.74) is 0.544. The largest absolute Gasteiger partial charge is 0.316 e. The summed E-state index contributed by atoms with van der Waals surface area (Å²) in [4.78, 5) is 2.86. The van der Waals surface area contributed by atoms with E-state index in [1.165, 1.54) is 71.1 Å². The SMILES string of the molecule is CC1(CN2CCCC3CCCC32)CCCNC1. The molecule has 3 unspecified atom stereocenters. The van der Waals surface area contributed by atoms with Crippen molar-refractivity contribution in [3.63, 3.8) is 0 Å². The number of piperidine rings is 2. The molecule has 0 amide bonds. The second-order valence-electron chi connectivity index (χ2n) is 6.96. The summed E-state index contributed by atoms with van der Waals surface area (Å²) in [6, 6.07) is 0.947. The van der Waals surface area contributed by atoms with Gasteiger partial charge in [0.1, 0.15) is 0 Å². The first-order valence-electron chi connectivity index (χ1n) is 7.72. The van der Waals surface area contributed by atoms with E-state index in [0.717, 1.165) is 12.0 Å². The van der Waals surface area contributed by atoms with Gasteiger partial charge < -0.3 is 5.32 Å². The first-order valence-corrected chi connectivity index (χ1v) is 7.72. The van der Waals surface area contributed by atoms with E-state index in [-0.39, 0.29) is 0 Å². The van der Waals surface area contributed by atoms with Gasteiger partial charge in [0.25, 0.3) is 0 Å². The van der Waals surface area contributed by atoms with Crippen LogP contribution >= 0.6 is 0 Å². The van der Waals surface area contributed by atoms with Gasteiger partial charge in [-0.05, 0) is 62.9 Å². The molecule has 3 fully saturated rings. The summed E-state index contributed by atoms with van der Waals surface area (Å²) < 4.78 is 0. The van der Waals surface area contributed by atoms with E-state index < -0.39 is 0 Å². The van der Waals surface area contributed by atoms with Crippen molar-refractivity contribution in [1.82, 2.24) is 10.2 Å². The van der Waals surface area contributed by atoms with Gasteiger partial charge in [0, 0.05) is 19.1 Å². The normalized spacial score (nSPS) is 43.6. The number of nitrogens with one attached hydrogen (secondary N) is 1. The van der Waals surface area contributed by atoms with Crippen molar-refractivity contribution < 1.29 is 0 Å². The zero-order valence-corrected chi connectivity index (χ0v) is 11.4. The fourth-order valence-corrected chi connectivity index (χ4v) is 4.50. The summed E-state index contributed by atoms with van der Waals surface area (Å²) in [6.07, 6.45) is 10.2. The average Bonchev–Trinajstić information content (AvgIpc) is 2.79. The lowest BCUT2D eigenvalue weighted by Gasteiger charge is -2.44. The van der Waals surface area contributed by atoms with Crippen molar-refractivity contribution >= 4 is 0 Å². The number of fused-ring (bicyclic) bond motifs is 1. The molecular weight excluding hydrogens is 208 g/mol. The summed E-state index contributed by atoms with van der Waals surface area (Å²) in [6.45, 7) is 7.69. The Morgan fingerprint density at radius 2 is 2.06 bits per heavy atom. The zero-order chi connectivity index (χ0) is 11.7. The van der Waals surface area contributed by atoms with Crippen LogP contribution in [0.15, 0.2) is 0 Å². The molecule has 2 nitrogen and oxygen atoms in total. The van der Waals surface area contributed by atoms with Gasteiger partial charge in [-0.2, -0.15) is 0 Å². The molecule has 3 rings (SSSR count). The van der Waals surface area contributed by atoms with Gasteiger partial charge in [-0.25, -0.2) is 0 Å². The summed E-state index contributed by atoms with van der Waals surface area (Å²) in [5.74, 6) is 1.05. The molecule has 98 valence electrons. The van der Waals surface area contributed by atoms with E-state index in [1.807, 2.05) is 0 Å². The highest BCUT2D eigenvalue weighted by Gasteiger charge is 2.38. The molecule has 1 N–H and O–H groups in total. The molecule has 2 aliphatic heterocycles. The Morgan fingerprint density at radius 3 is 2.88 bits per heavy atom. The van der Waals surface area contributed by atoms with E-state index >= 15 is 0 Å². The molecule has 3 aliphatic rings. The standard InChI is InChI=1S/C15H28N2/c1-15(8-4-9-16-11-15)12-17-10-3-6-13-5-2-7-14(13)17/h13-14,16H,2-12H2,1H3. The molecule has 2 heteroatoms. The van der Waals surface area contributed by atoms with Crippen LogP contribution in [0, 0.1) is 11.3 Å². The Morgan fingerprint density at radius 1 is 1.18 bits per heavy atom. The van der Waals surface area contributed by atoms with Gasteiger partial charge in [0.05, 0.1) is 0 Å². The van der Waals surface area contributed by atoms with Gasteiger partial charge in [-0.15, -0.1) is 0 Å². The minimum atomic E-state index is 0.544. The lowest BCUT2D eigenvalue weighted by molar-refractivity contribution is 0.0542. The Balaban J connectivity index is 1.63. The summed E-state index contributed by atoms with van der Waals surface area (Å²) in [7, 11) is 0. The first-order chi connectivity index (χ1) is 8.27. The molecule has 0 aromatic heterocycles. The zero-order valence-electron chi connectivity index (χ0n) is 11.4. The Bertz CT molecular complexity index is 258. The van der Waals surface area contributed by atoms with Crippen LogP contribution in [0.5, 0.6) is 0 Å². The topological polar surface area (TPSA) is 15.3 Å². The van der Waals surface area contributed by atoms with Gasteiger partial charge in [-0.3, -0.25) is 4.90 Å². The fourth-order valence-electron chi connectivity index (χ4n) is 4.50. The van der Waals surface area contributed by atoms with E-state index in [2.05, 4.69) is 17.1 Å². The first kappa shape index (κ1) is 12.0. The molecule has 0 spiro atoms. The number of hydrogen-bond donors (Lipinski definition) is 1. The third-order valence-corrected chi connectivity index (χ3v) is 5.38. The summed E-state index contributed by atoms with van der Waals surface area (Å²) >= 11 is 0. The molecule has 3 atom stereocenters. The molecule has 0 aromatic carbocycles. The summed E-state index contributed by atoms with van der Waals surface area (Å²) in [5, 5.41) is 3.60. The molecule has 0 radical (unpaired) electrons. The van der Waals surface area contributed by atoms with Crippen molar-refractivity contribution in [3.8, 4) is 0 Å². The van der Waals surface area contributed by atoms with Crippen molar-refractivity contribution in [2.75, 3.05) is 26.2 Å². The van der Waals surface area contributed by atoms with Crippen molar-refractivity contribution in [3.05, 3.63) is 0 Å². The quantitative estimate of drug-likeness (QED) is 0.793. The van der Waals surface area contributed by atoms with E-state index in [4.69, 9.17) is 0 Å². The maximum atomic E-state index is 3.60. The highest BCUT2D eigenvalue weighted by Crippen LogP contribution is 2.39. The van der Waals surface area contributed by atoms with Gasteiger partial charge in [0.15, 0.2) is 0 Å². The third-order valence-electron chi connectivity index (χ3n) is 5.38. The molecule has 0 aromatic rings. The lowest BCUT2D eigenvalue weighted by Crippen LogP contribution is -2.51. The lowest BCUT2D eigenvalue weighted by atomic mass is 9.80. The molecule has 17 heavy (non-hydrogen) atoms. The average molecular weight is 236 g/mol. The van der Waals surface area contributed by atoms with Crippen molar-refractivity contribution in [2.45, 2.75) is 57.9 Å². The maximum Gasteiger partial charge on any atom is 0.0124 e. The van der Waals surface area contributed by atoms with Gasteiger partial charge in [-0.1, -0.05) is 13.3 Å². The minimum absolute atomic E-state index is 0.544. The Labute approximate surface area is 106 Å². The predicted molar refractivity (Wildman–Crippen MR) is 72.1 cm³/mol. The van der Waals surface area contributed by atoms with E-state index in [1.54, 1.807) is 0 Å². The number of rotatable bonds is 2. The predicted octanol–water partition coefficient (Wildman–Crippen LogP) is 2.64. The number of hydrogen-bond acceptors (Lipinski definition) is 2. The van der Waals surface area contributed by atoms with E-state index in [0.29, 0.717) is 5.41 Å². The van der Waals surface area contributed by atoms with Gasteiger partial charge >= 0.3 is 0 Å². The molecular formula is C15H28N2. The van der Waals surface area contributed by atoms with Crippen molar-refractivity contribution in [1.29, 1.82) is 0 Å². The van der Waals surface area contributed by atoms with Crippen LogP contribution < -0.4 is 5.32 Å². The molecule has 0 bridgehead atoms. The van der Waals surface area contributed by atoms with Crippen LogP contribution in [-0.2, 0) is 0 Å². The highest BCUT2D eigenvalue weighted by molar-refractivity contribution is 4.93. The molecule has 1 saturated carbocycles. The minimum Gasteiger partial charge on any atom is -0.316 e. The molecule has 2 saturated heterocycles. The van der Waals surface area contributed by atoms with Crippen molar-refractivity contribution in [2.24, 2.45) is 11.3 Å². The Hall–Kier alpha value is -0.0800. The smallest absolute Gasteiger partial charge is 0.0124 e. The van der Waals surface area contributed by atoms with Crippen LogP contribution in [0.25, 0.3) is 0 Å². The number of nitrogens with zero attached hydrogens (tertiary/aromatic N) is 1. The second kappa shape index (κ2) is 4.89. The van der Waals surface area contributed by atoms with Crippen LogP contribution in [0.3, 0.4) is 0 Å².